The fourth-order valence-electron chi connectivity index (χ4n) is 1.95. The Morgan fingerprint density at radius 3 is 2.95 bits per heavy atom. The van der Waals surface area contributed by atoms with Crippen molar-refractivity contribution in [2.45, 2.75) is 6.54 Å². The first kappa shape index (κ1) is 13.0. The molecule has 0 radical (unpaired) electrons. The molecule has 0 aliphatic heterocycles. The van der Waals surface area contributed by atoms with Gasteiger partial charge in [-0.05, 0) is 6.07 Å². The molecule has 7 nitrogen and oxygen atoms in total. The summed E-state index contributed by atoms with van der Waals surface area (Å²) in [6, 6.07) is 7.76. The zero-order valence-electron chi connectivity index (χ0n) is 11.1. The molecule has 0 atom stereocenters. The smallest absolute Gasteiger partial charge is 0.356 e. The number of carboxylic acids is 1. The molecule has 1 aromatic carbocycles. The van der Waals surface area contributed by atoms with E-state index in [0.29, 0.717) is 19.0 Å². The van der Waals surface area contributed by atoms with Crippen molar-refractivity contribution in [2.24, 2.45) is 0 Å². The zero-order chi connectivity index (χ0) is 14.7. The van der Waals surface area contributed by atoms with E-state index < -0.39 is 5.97 Å². The van der Waals surface area contributed by atoms with Crippen molar-refractivity contribution in [3.05, 3.63) is 48.7 Å². The van der Waals surface area contributed by atoms with Crippen LogP contribution in [0.2, 0.25) is 0 Å². The third-order valence-corrected chi connectivity index (χ3v) is 2.99. The number of anilines is 1. The van der Waals surface area contributed by atoms with E-state index in [4.69, 9.17) is 5.11 Å². The van der Waals surface area contributed by atoms with E-state index in [1.807, 2.05) is 24.3 Å². The van der Waals surface area contributed by atoms with Crippen LogP contribution in [0.1, 0.15) is 10.5 Å². The molecule has 0 aliphatic carbocycles. The van der Waals surface area contributed by atoms with Crippen molar-refractivity contribution in [2.75, 3.05) is 11.9 Å². The summed E-state index contributed by atoms with van der Waals surface area (Å²) in [5.74, 6) is -0.480. The predicted molar refractivity (Wildman–Crippen MR) is 77.2 cm³/mol. The van der Waals surface area contributed by atoms with Gasteiger partial charge in [0.2, 0.25) is 5.95 Å². The predicted octanol–water partition coefficient (Wildman–Crippen LogP) is 1.64. The van der Waals surface area contributed by atoms with Gasteiger partial charge < -0.3 is 15.0 Å². The highest BCUT2D eigenvalue weighted by Crippen LogP contribution is 2.11. The number of fused-ring (bicyclic) bond motifs is 1. The van der Waals surface area contributed by atoms with Crippen LogP contribution in [0, 0.1) is 0 Å². The molecule has 0 unspecified atom stereocenters. The molecule has 3 rings (SSSR count). The van der Waals surface area contributed by atoms with Crippen LogP contribution < -0.4 is 5.32 Å². The van der Waals surface area contributed by atoms with Gasteiger partial charge in [-0.2, -0.15) is 0 Å². The summed E-state index contributed by atoms with van der Waals surface area (Å²) in [5, 5.41) is 12.9. The Labute approximate surface area is 120 Å². The summed E-state index contributed by atoms with van der Waals surface area (Å²) in [5.41, 5.74) is 0.919. The summed E-state index contributed by atoms with van der Waals surface area (Å²) >= 11 is 0. The number of benzene rings is 1. The van der Waals surface area contributed by atoms with Gasteiger partial charge in [0, 0.05) is 30.9 Å². The lowest BCUT2D eigenvalue weighted by Crippen LogP contribution is -2.11. The third kappa shape index (κ3) is 2.97. The molecule has 0 amide bonds. The number of carbonyl (C=O) groups is 1. The van der Waals surface area contributed by atoms with Crippen LogP contribution in [0.3, 0.4) is 0 Å². The minimum absolute atomic E-state index is 0.0388. The minimum Gasteiger partial charge on any atom is -0.476 e. The normalized spacial score (nSPS) is 10.7. The molecule has 0 aliphatic rings. The van der Waals surface area contributed by atoms with E-state index in [0.717, 1.165) is 10.9 Å². The number of carboxylic acid groups (broad SMARTS) is 1. The number of hydrogen-bond acceptors (Lipinski definition) is 5. The van der Waals surface area contributed by atoms with Crippen molar-refractivity contribution in [3.63, 3.8) is 0 Å². The zero-order valence-corrected chi connectivity index (χ0v) is 11.1. The molecular weight excluding hydrogens is 270 g/mol. The van der Waals surface area contributed by atoms with Crippen molar-refractivity contribution >= 4 is 22.8 Å². The summed E-state index contributed by atoms with van der Waals surface area (Å²) in [7, 11) is 0. The molecular formula is C14H13N5O2. The van der Waals surface area contributed by atoms with E-state index in [-0.39, 0.29) is 5.69 Å². The molecule has 3 aromatic rings. The number of aromatic nitrogens is 4. The van der Waals surface area contributed by atoms with Gasteiger partial charge >= 0.3 is 5.97 Å². The van der Waals surface area contributed by atoms with Crippen LogP contribution in [0.25, 0.3) is 10.9 Å². The molecule has 2 N–H and O–H groups in total. The second kappa shape index (κ2) is 5.58. The number of hydrogen-bond donors (Lipinski definition) is 2. The molecule has 0 spiro atoms. The van der Waals surface area contributed by atoms with Gasteiger partial charge in [-0.25, -0.2) is 19.7 Å². The molecule has 7 heteroatoms. The second-order valence-corrected chi connectivity index (χ2v) is 4.48. The first-order valence-corrected chi connectivity index (χ1v) is 6.43. The third-order valence-electron chi connectivity index (χ3n) is 2.99. The maximum Gasteiger partial charge on any atom is 0.356 e. The van der Waals surface area contributed by atoms with E-state index >= 15 is 0 Å². The van der Waals surface area contributed by atoms with E-state index in [1.165, 1.54) is 12.5 Å². The first-order valence-electron chi connectivity index (χ1n) is 6.43. The van der Waals surface area contributed by atoms with Crippen LogP contribution in [-0.2, 0) is 6.54 Å². The summed E-state index contributed by atoms with van der Waals surface area (Å²) in [6.45, 7) is 1.16. The number of aromatic carboxylic acids is 1. The Hall–Kier alpha value is -2.96. The summed E-state index contributed by atoms with van der Waals surface area (Å²) in [6.07, 6.45) is 4.75. The summed E-state index contributed by atoms with van der Waals surface area (Å²) < 4.78 is 1.71. The highest BCUT2D eigenvalue weighted by molar-refractivity contribution is 5.84. The fourth-order valence-corrected chi connectivity index (χ4v) is 1.95. The van der Waals surface area contributed by atoms with Gasteiger partial charge in [0.25, 0.3) is 0 Å². The fraction of sp³-hybridized carbons (Fsp3) is 0.143. The first-order chi connectivity index (χ1) is 10.2. The van der Waals surface area contributed by atoms with Gasteiger partial charge in [-0.15, -0.1) is 0 Å². The lowest BCUT2D eigenvalue weighted by Gasteiger charge is -2.06. The Morgan fingerprint density at radius 1 is 1.29 bits per heavy atom. The molecule has 2 aromatic heterocycles. The second-order valence-electron chi connectivity index (χ2n) is 4.48. The maximum atomic E-state index is 10.7. The number of imidazole rings is 1. The van der Waals surface area contributed by atoms with Gasteiger partial charge in [-0.3, -0.25) is 0 Å². The average Bonchev–Trinajstić information content (AvgIpc) is 2.96. The van der Waals surface area contributed by atoms with Crippen LogP contribution in [0.4, 0.5) is 5.95 Å². The van der Waals surface area contributed by atoms with Crippen LogP contribution >= 0.6 is 0 Å². The lowest BCUT2D eigenvalue weighted by atomic mass is 10.2. The summed E-state index contributed by atoms with van der Waals surface area (Å²) in [4.78, 5) is 23.1. The van der Waals surface area contributed by atoms with E-state index in [2.05, 4.69) is 20.3 Å². The molecule has 0 saturated heterocycles. The molecule has 0 fully saturated rings. The highest BCUT2D eigenvalue weighted by atomic mass is 16.4. The maximum absolute atomic E-state index is 10.7. The van der Waals surface area contributed by atoms with Gasteiger partial charge in [0.05, 0.1) is 11.8 Å². The Balaban J connectivity index is 1.62. The van der Waals surface area contributed by atoms with E-state index in [9.17, 15) is 4.79 Å². The van der Waals surface area contributed by atoms with Crippen LogP contribution in [-0.4, -0.2) is 37.1 Å². The Morgan fingerprint density at radius 2 is 2.14 bits per heavy atom. The number of para-hydroxylation sites is 1. The lowest BCUT2D eigenvalue weighted by molar-refractivity contribution is 0.0691. The van der Waals surface area contributed by atoms with Crippen LogP contribution in [0.15, 0.2) is 43.0 Å². The molecule has 21 heavy (non-hydrogen) atoms. The minimum atomic E-state index is -1.03. The molecule has 2 heterocycles. The Bertz CT molecular complexity index is 784. The van der Waals surface area contributed by atoms with Gasteiger partial charge in [0.1, 0.15) is 0 Å². The molecule has 0 bridgehead atoms. The van der Waals surface area contributed by atoms with Gasteiger partial charge in [-0.1, -0.05) is 18.2 Å². The highest BCUT2D eigenvalue weighted by Gasteiger charge is 2.06. The number of rotatable bonds is 5. The molecule has 0 saturated carbocycles. The van der Waals surface area contributed by atoms with Crippen LogP contribution in [0.5, 0.6) is 0 Å². The molecule has 106 valence electrons. The van der Waals surface area contributed by atoms with Crippen molar-refractivity contribution < 1.29 is 9.90 Å². The van der Waals surface area contributed by atoms with Crippen molar-refractivity contribution in [1.29, 1.82) is 0 Å². The SMILES string of the molecule is O=C(O)c1cn(CCNc2ncc3ccccc3n2)cn1. The van der Waals surface area contributed by atoms with Crippen molar-refractivity contribution in [1.82, 2.24) is 19.5 Å². The quantitative estimate of drug-likeness (QED) is 0.739. The number of nitrogens with zero attached hydrogens (tertiary/aromatic N) is 4. The average molecular weight is 283 g/mol. The Kier molecular flexibility index (Phi) is 3.46. The topological polar surface area (TPSA) is 92.9 Å². The van der Waals surface area contributed by atoms with Crippen molar-refractivity contribution in [3.8, 4) is 0 Å². The van der Waals surface area contributed by atoms with Gasteiger partial charge in [0.15, 0.2) is 5.69 Å². The monoisotopic (exact) mass is 283 g/mol. The van der Waals surface area contributed by atoms with E-state index in [1.54, 1.807) is 10.8 Å². The number of nitrogens with one attached hydrogen (secondary N) is 1. The largest absolute Gasteiger partial charge is 0.476 e. The standard InChI is InChI=1S/C14H13N5O2/c20-13(21)12-8-19(9-17-12)6-5-15-14-16-7-10-3-1-2-4-11(10)18-14/h1-4,7-9H,5-6H2,(H,20,21)(H,15,16,18).